The monoisotopic (exact) mass is 375 g/mol. The van der Waals surface area contributed by atoms with Crippen LogP contribution in [0.5, 0.6) is 0 Å². The summed E-state index contributed by atoms with van der Waals surface area (Å²) in [6.07, 6.45) is 5.42. The van der Waals surface area contributed by atoms with Gasteiger partial charge in [-0.05, 0) is 55.8 Å². The van der Waals surface area contributed by atoms with Crippen LogP contribution in [0.2, 0.25) is 0 Å². The molecule has 4 rings (SSSR count). The van der Waals surface area contributed by atoms with E-state index in [1.165, 1.54) is 24.8 Å². The minimum absolute atomic E-state index is 0.155. The second kappa shape index (κ2) is 7.98. The molecule has 3 aromatic rings. The van der Waals surface area contributed by atoms with E-state index in [1.807, 2.05) is 48.0 Å². The van der Waals surface area contributed by atoms with Gasteiger partial charge in [-0.3, -0.25) is 14.5 Å². The van der Waals surface area contributed by atoms with Crippen molar-refractivity contribution >= 4 is 22.5 Å². The predicted molar refractivity (Wildman–Crippen MR) is 113 cm³/mol. The van der Waals surface area contributed by atoms with Gasteiger partial charge in [-0.15, -0.1) is 0 Å². The lowest BCUT2D eigenvalue weighted by molar-refractivity contribution is 0.102. The average molecular weight is 375 g/mol. The van der Waals surface area contributed by atoms with Crippen molar-refractivity contribution in [2.75, 3.05) is 18.4 Å². The molecule has 144 valence electrons. The maximum atomic E-state index is 12.8. The number of aromatic nitrogens is 1. The summed E-state index contributed by atoms with van der Waals surface area (Å²) in [6, 6.07) is 15.2. The number of fused-ring (bicyclic) bond motifs is 1. The van der Waals surface area contributed by atoms with Crippen molar-refractivity contribution in [3.63, 3.8) is 0 Å². The molecule has 1 amide bonds. The number of hydrogen-bond acceptors (Lipinski definition) is 3. The van der Waals surface area contributed by atoms with Crippen molar-refractivity contribution in [3.8, 4) is 0 Å². The lowest BCUT2D eigenvalue weighted by Gasteiger charge is -2.26. The second-order valence-corrected chi connectivity index (χ2v) is 7.49. The molecule has 0 unspecified atom stereocenters. The summed E-state index contributed by atoms with van der Waals surface area (Å²) in [6.45, 7) is 3.15. The van der Waals surface area contributed by atoms with E-state index in [2.05, 4.69) is 16.3 Å². The van der Waals surface area contributed by atoms with E-state index in [-0.39, 0.29) is 16.9 Å². The fourth-order valence-electron chi connectivity index (χ4n) is 3.92. The van der Waals surface area contributed by atoms with E-state index in [9.17, 15) is 9.59 Å². The molecule has 1 saturated heterocycles. The van der Waals surface area contributed by atoms with Crippen molar-refractivity contribution in [1.29, 1.82) is 0 Å². The first kappa shape index (κ1) is 18.4. The Balaban J connectivity index is 1.55. The summed E-state index contributed by atoms with van der Waals surface area (Å²) in [5.74, 6) is -0.374. The molecule has 1 fully saturated rings. The quantitative estimate of drug-likeness (QED) is 0.755. The van der Waals surface area contributed by atoms with Crippen LogP contribution in [0.1, 0.15) is 35.2 Å². The number of hydrogen-bond donors (Lipinski definition) is 1. The number of nitrogens with zero attached hydrogens (tertiary/aromatic N) is 2. The zero-order chi connectivity index (χ0) is 19.5. The van der Waals surface area contributed by atoms with Crippen LogP contribution in [0.4, 0.5) is 5.69 Å². The Morgan fingerprint density at radius 2 is 1.82 bits per heavy atom. The van der Waals surface area contributed by atoms with E-state index in [1.54, 1.807) is 12.3 Å². The number of carbonyl (C=O) groups excluding carboxylic acids is 1. The first-order chi connectivity index (χ1) is 13.6. The fourth-order valence-corrected chi connectivity index (χ4v) is 3.92. The Kier molecular flexibility index (Phi) is 5.26. The van der Waals surface area contributed by atoms with Crippen molar-refractivity contribution in [2.24, 2.45) is 7.05 Å². The normalized spacial score (nSPS) is 14.9. The number of nitrogens with one attached hydrogen (secondary N) is 1. The Labute approximate surface area is 164 Å². The van der Waals surface area contributed by atoms with Gasteiger partial charge in [0.15, 0.2) is 0 Å². The third kappa shape index (κ3) is 3.85. The van der Waals surface area contributed by atoms with Gasteiger partial charge in [0.05, 0.1) is 5.52 Å². The van der Waals surface area contributed by atoms with Crippen LogP contribution >= 0.6 is 0 Å². The van der Waals surface area contributed by atoms with Crippen molar-refractivity contribution < 1.29 is 4.79 Å². The molecule has 0 aliphatic carbocycles. The van der Waals surface area contributed by atoms with Gasteiger partial charge in [-0.2, -0.15) is 0 Å². The molecule has 0 spiro atoms. The molecule has 2 aromatic carbocycles. The van der Waals surface area contributed by atoms with Gasteiger partial charge in [0, 0.05) is 30.9 Å². The van der Waals surface area contributed by atoms with Crippen LogP contribution in [-0.4, -0.2) is 28.5 Å². The third-order valence-corrected chi connectivity index (χ3v) is 5.38. The Morgan fingerprint density at radius 1 is 1.04 bits per heavy atom. The minimum atomic E-state index is -0.374. The van der Waals surface area contributed by atoms with Crippen LogP contribution in [0.15, 0.2) is 59.5 Å². The number of rotatable bonds is 4. The molecular weight excluding hydrogens is 350 g/mol. The lowest BCUT2D eigenvalue weighted by Crippen LogP contribution is -2.29. The van der Waals surface area contributed by atoms with Crippen molar-refractivity contribution in [1.82, 2.24) is 9.47 Å². The van der Waals surface area contributed by atoms with E-state index in [0.29, 0.717) is 5.39 Å². The third-order valence-electron chi connectivity index (χ3n) is 5.38. The van der Waals surface area contributed by atoms with Gasteiger partial charge in [-0.25, -0.2) is 0 Å². The molecule has 0 bridgehead atoms. The molecule has 5 heteroatoms. The Hall–Kier alpha value is -2.92. The number of aryl methyl sites for hydroxylation is 1. The number of para-hydroxylation sites is 1. The Bertz CT molecular complexity index is 1060. The summed E-state index contributed by atoms with van der Waals surface area (Å²) in [7, 11) is 1.85. The highest BCUT2D eigenvalue weighted by Crippen LogP contribution is 2.17. The van der Waals surface area contributed by atoms with E-state index in [0.717, 1.165) is 30.8 Å². The Morgan fingerprint density at radius 3 is 2.64 bits per heavy atom. The molecular formula is C23H25N3O2. The fraction of sp³-hybridized carbons (Fsp3) is 0.304. The van der Waals surface area contributed by atoms with Crippen molar-refractivity contribution in [3.05, 3.63) is 76.1 Å². The molecule has 2 heterocycles. The first-order valence-corrected chi connectivity index (χ1v) is 9.83. The van der Waals surface area contributed by atoms with Crippen LogP contribution < -0.4 is 10.7 Å². The largest absolute Gasteiger partial charge is 0.350 e. The van der Waals surface area contributed by atoms with Crippen molar-refractivity contribution in [2.45, 2.75) is 25.8 Å². The zero-order valence-electron chi connectivity index (χ0n) is 16.1. The highest BCUT2D eigenvalue weighted by atomic mass is 16.2. The number of benzene rings is 2. The maximum absolute atomic E-state index is 12.8. The van der Waals surface area contributed by atoms with Crippen LogP contribution in [-0.2, 0) is 13.6 Å². The molecule has 1 aliphatic rings. The van der Waals surface area contributed by atoms with E-state index in [4.69, 9.17) is 0 Å². The summed E-state index contributed by atoms with van der Waals surface area (Å²) >= 11 is 0. The molecule has 28 heavy (non-hydrogen) atoms. The second-order valence-electron chi connectivity index (χ2n) is 7.49. The lowest BCUT2D eigenvalue weighted by atomic mass is 10.1. The van der Waals surface area contributed by atoms with Crippen LogP contribution in [0.25, 0.3) is 10.9 Å². The zero-order valence-corrected chi connectivity index (χ0v) is 16.1. The van der Waals surface area contributed by atoms with Crippen LogP contribution in [0.3, 0.4) is 0 Å². The SMILES string of the molecule is Cn1cc(C(=O)Nc2cccc(CN3CCCCC3)c2)c(=O)c2ccccc21. The van der Waals surface area contributed by atoms with Gasteiger partial charge in [0.2, 0.25) is 5.43 Å². The number of piperidine rings is 1. The predicted octanol–water partition coefficient (Wildman–Crippen LogP) is 3.78. The smallest absolute Gasteiger partial charge is 0.261 e. The summed E-state index contributed by atoms with van der Waals surface area (Å²) in [5.41, 5.74) is 2.62. The molecule has 0 radical (unpaired) electrons. The number of carbonyl (C=O) groups is 1. The van der Waals surface area contributed by atoms with Gasteiger partial charge >= 0.3 is 0 Å². The molecule has 1 N–H and O–H groups in total. The van der Waals surface area contributed by atoms with Gasteiger partial charge in [-0.1, -0.05) is 30.7 Å². The van der Waals surface area contributed by atoms with E-state index < -0.39 is 0 Å². The molecule has 1 aromatic heterocycles. The number of amides is 1. The highest BCUT2D eigenvalue weighted by molar-refractivity contribution is 6.05. The maximum Gasteiger partial charge on any atom is 0.261 e. The van der Waals surface area contributed by atoms with Gasteiger partial charge in [0.1, 0.15) is 5.56 Å². The summed E-state index contributed by atoms with van der Waals surface area (Å²) in [4.78, 5) is 28.0. The molecule has 0 saturated carbocycles. The highest BCUT2D eigenvalue weighted by Gasteiger charge is 2.15. The van der Waals surface area contributed by atoms with E-state index >= 15 is 0 Å². The summed E-state index contributed by atoms with van der Waals surface area (Å²) < 4.78 is 1.82. The average Bonchev–Trinajstić information content (AvgIpc) is 2.72. The number of likely N-dealkylation sites (tertiary alicyclic amines) is 1. The minimum Gasteiger partial charge on any atom is -0.350 e. The molecule has 1 aliphatic heterocycles. The topological polar surface area (TPSA) is 54.3 Å². The number of anilines is 1. The first-order valence-electron chi connectivity index (χ1n) is 9.83. The summed E-state index contributed by atoms with van der Waals surface area (Å²) in [5, 5.41) is 3.45. The molecule has 0 atom stereocenters. The van der Waals surface area contributed by atoms with Gasteiger partial charge in [0.25, 0.3) is 5.91 Å². The standard InChI is InChI=1S/C23H25N3O2/c1-25-16-20(22(27)19-10-3-4-11-21(19)25)23(28)24-18-9-7-8-17(14-18)15-26-12-5-2-6-13-26/h3-4,7-11,14,16H,2,5-6,12-13,15H2,1H3,(H,24,28). The van der Waals surface area contributed by atoms with Gasteiger partial charge < -0.3 is 9.88 Å². The molecule has 5 nitrogen and oxygen atoms in total. The van der Waals surface area contributed by atoms with Crippen LogP contribution in [0, 0.1) is 0 Å². The number of pyridine rings is 1.